The van der Waals surface area contributed by atoms with Crippen molar-refractivity contribution in [3.8, 4) is 0 Å². The summed E-state index contributed by atoms with van der Waals surface area (Å²) in [5, 5.41) is 1.92. The van der Waals surface area contributed by atoms with Crippen molar-refractivity contribution in [3.05, 3.63) is 86.5 Å². The topological polar surface area (TPSA) is 81.3 Å². The fourth-order valence-electron chi connectivity index (χ4n) is 3.32. The van der Waals surface area contributed by atoms with Gasteiger partial charge in [-0.25, -0.2) is 13.2 Å². The van der Waals surface area contributed by atoms with Crippen molar-refractivity contribution in [1.82, 2.24) is 9.29 Å². The third-order valence-corrected chi connectivity index (χ3v) is 7.47. The predicted octanol–water partition coefficient (Wildman–Crippen LogP) is 4.38. The van der Waals surface area contributed by atoms with Crippen LogP contribution in [0.5, 0.6) is 0 Å². The second-order valence-corrected chi connectivity index (χ2v) is 10.1. The highest BCUT2D eigenvalue weighted by atomic mass is 32.2. The van der Waals surface area contributed by atoms with E-state index in [1.54, 1.807) is 13.1 Å². The van der Waals surface area contributed by atoms with Crippen LogP contribution in [0.25, 0.3) is 11.1 Å². The largest absolute Gasteiger partial charge is 0.419 e. The number of aryl methyl sites for hydroxylation is 1. The average molecular weight is 443 g/mol. The molecule has 156 valence electrons. The Morgan fingerprint density at radius 2 is 1.73 bits per heavy atom. The number of aromatic nitrogens is 1. The molecule has 0 bridgehead atoms. The molecule has 1 N–H and O–H groups in total. The minimum absolute atomic E-state index is 0.0460. The van der Waals surface area contributed by atoms with E-state index in [2.05, 4.69) is 18.6 Å². The van der Waals surface area contributed by atoms with Gasteiger partial charge in [0.25, 0.3) is 0 Å². The molecule has 0 radical (unpaired) electrons. The summed E-state index contributed by atoms with van der Waals surface area (Å²) in [6, 6.07) is 15.7. The molecular formula is C22H22N2O4S2. The third kappa shape index (κ3) is 3.86. The number of nitrogens with one attached hydrogen (secondary N) is 1. The Hall–Kier alpha value is -2.68. The lowest BCUT2D eigenvalue weighted by molar-refractivity contribution is 0.527. The number of nitrogens with zero attached hydrogens (tertiary/aromatic N) is 1. The van der Waals surface area contributed by atoms with Gasteiger partial charge in [0.05, 0.1) is 16.5 Å². The van der Waals surface area contributed by atoms with Crippen molar-refractivity contribution in [2.75, 3.05) is 0 Å². The fourth-order valence-corrected chi connectivity index (χ4v) is 5.42. The van der Waals surface area contributed by atoms with E-state index >= 15 is 0 Å². The van der Waals surface area contributed by atoms with Gasteiger partial charge in [0, 0.05) is 18.0 Å². The van der Waals surface area contributed by atoms with Crippen LogP contribution in [0.3, 0.4) is 0 Å². The normalized spacial score (nSPS) is 13.2. The summed E-state index contributed by atoms with van der Waals surface area (Å²) < 4.78 is 35.7. The van der Waals surface area contributed by atoms with Crippen LogP contribution in [-0.4, -0.2) is 13.0 Å². The monoisotopic (exact) mass is 442 g/mol. The van der Waals surface area contributed by atoms with E-state index in [9.17, 15) is 13.2 Å². The van der Waals surface area contributed by atoms with Gasteiger partial charge in [-0.1, -0.05) is 44.2 Å². The molecule has 0 saturated carbocycles. The summed E-state index contributed by atoms with van der Waals surface area (Å²) in [6.07, 6.45) is 0. The first-order valence-electron chi connectivity index (χ1n) is 9.51. The zero-order valence-electron chi connectivity index (χ0n) is 16.8. The van der Waals surface area contributed by atoms with Crippen molar-refractivity contribution in [2.24, 2.45) is 7.05 Å². The molecule has 4 aromatic rings. The summed E-state index contributed by atoms with van der Waals surface area (Å²) in [6.45, 7) is 4.24. The second-order valence-electron chi connectivity index (χ2n) is 7.45. The maximum atomic E-state index is 13.2. The summed E-state index contributed by atoms with van der Waals surface area (Å²) in [5.41, 5.74) is 2.83. The Kier molecular flexibility index (Phi) is 5.40. The Morgan fingerprint density at radius 1 is 1.03 bits per heavy atom. The van der Waals surface area contributed by atoms with E-state index in [-0.39, 0.29) is 10.5 Å². The van der Waals surface area contributed by atoms with Gasteiger partial charge >= 0.3 is 5.76 Å². The highest BCUT2D eigenvalue weighted by molar-refractivity contribution is 7.89. The highest BCUT2D eigenvalue weighted by Crippen LogP contribution is 2.29. The first-order valence-corrected chi connectivity index (χ1v) is 11.9. The summed E-state index contributed by atoms with van der Waals surface area (Å²) in [4.78, 5) is 12.7. The highest BCUT2D eigenvalue weighted by Gasteiger charge is 2.25. The molecular weight excluding hydrogens is 420 g/mol. The molecule has 0 aliphatic heterocycles. The molecule has 1 atom stereocenters. The number of hydrogen-bond acceptors (Lipinski definition) is 5. The summed E-state index contributed by atoms with van der Waals surface area (Å²) in [7, 11) is -2.29. The Labute approximate surface area is 178 Å². The van der Waals surface area contributed by atoms with Gasteiger partial charge < -0.3 is 4.42 Å². The van der Waals surface area contributed by atoms with Crippen LogP contribution >= 0.6 is 11.3 Å². The van der Waals surface area contributed by atoms with Gasteiger partial charge in [-0.05, 0) is 40.6 Å². The number of fused-ring (bicyclic) bond motifs is 1. The molecule has 8 heteroatoms. The van der Waals surface area contributed by atoms with Crippen LogP contribution in [0.2, 0.25) is 0 Å². The third-order valence-electron chi connectivity index (χ3n) is 5.11. The van der Waals surface area contributed by atoms with E-state index < -0.39 is 21.8 Å². The lowest BCUT2D eigenvalue weighted by Gasteiger charge is -2.19. The Bertz CT molecular complexity index is 1330. The molecule has 0 aliphatic rings. The van der Waals surface area contributed by atoms with Gasteiger partial charge in [-0.2, -0.15) is 4.72 Å². The van der Waals surface area contributed by atoms with Crippen molar-refractivity contribution in [1.29, 1.82) is 0 Å². The molecule has 2 aromatic heterocycles. The van der Waals surface area contributed by atoms with Crippen LogP contribution in [0.15, 0.2) is 74.1 Å². The molecule has 2 aromatic carbocycles. The first-order chi connectivity index (χ1) is 14.3. The minimum atomic E-state index is -3.87. The fraction of sp³-hybridized carbons (Fsp3) is 0.227. The Morgan fingerprint density at radius 3 is 2.37 bits per heavy atom. The standard InChI is InChI=1S/C22H22N2O4S2/c1-14(2)15-6-8-16(9-7-15)21(20-5-4-12-29-20)23-30(26,27)17-10-11-18-19(13-17)28-22(25)24(18)3/h4-14,21,23H,1-3H3. The van der Waals surface area contributed by atoms with Crippen molar-refractivity contribution in [3.63, 3.8) is 0 Å². The zero-order chi connectivity index (χ0) is 21.5. The number of rotatable bonds is 6. The molecule has 0 amide bonds. The molecule has 0 fully saturated rings. The summed E-state index contributed by atoms with van der Waals surface area (Å²) in [5.74, 6) is -0.141. The Balaban J connectivity index is 1.72. The lowest BCUT2D eigenvalue weighted by Crippen LogP contribution is -2.29. The maximum absolute atomic E-state index is 13.2. The molecule has 2 heterocycles. The molecule has 30 heavy (non-hydrogen) atoms. The van der Waals surface area contributed by atoms with Gasteiger partial charge in [0.2, 0.25) is 10.0 Å². The number of sulfonamides is 1. The van der Waals surface area contributed by atoms with Crippen LogP contribution < -0.4 is 10.5 Å². The van der Waals surface area contributed by atoms with Gasteiger partial charge in [0.1, 0.15) is 0 Å². The molecule has 6 nitrogen and oxygen atoms in total. The first kappa shape index (κ1) is 20.6. The molecule has 0 spiro atoms. The van der Waals surface area contributed by atoms with Gasteiger partial charge in [-0.15, -0.1) is 11.3 Å². The molecule has 0 saturated heterocycles. The van der Waals surface area contributed by atoms with Crippen LogP contribution in [0, 0.1) is 0 Å². The van der Waals surface area contributed by atoms with E-state index in [1.165, 1.54) is 33.6 Å². The van der Waals surface area contributed by atoms with Gasteiger partial charge in [-0.3, -0.25) is 4.57 Å². The number of hydrogen-bond donors (Lipinski definition) is 1. The van der Waals surface area contributed by atoms with Crippen molar-refractivity contribution < 1.29 is 12.8 Å². The minimum Gasteiger partial charge on any atom is -0.408 e. The maximum Gasteiger partial charge on any atom is 0.419 e. The van der Waals surface area contributed by atoms with Crippen molar-refractivity contribution >= 4 is 32.5 Å². The van der Waals surface area contributed by atoms with E-state index in [4.69, 9.17) is 4.42 Å². The second kappa shape index (κ2) is 7.86. The quantitative estimate of drug-likeness (QED) is 0.480. The lowest BCUT2D eigenvalue weighted by atomic mass is 9.99. The van der Waals surface area contributed by atoms with E-state index in [0.29, 0.717) is 11.4 Å². The molecule has 0 aliphatic carbocycles. The van der Waals surface area contributed by atoms with Crippen molar-refractivity contribution in [2.45, 2.75) is 30.7 Å². The number of thiophene rings is 1. The number of benzene rings is 2. The molecule has 4 rings (SSSR count). The number of oxazole rings is 1. The van der Waals surface area contributed by atoms with Crippen LogP contribution in [0.4, 0.5) is 0 Å². The average Bonchev–Trinajstić information content (AvgIpc) is 3.35. The van der Waals surface area contributed by atoms with Crippen LogP contribution in [0.1, 0.15) is 41.8 Å². The van der Waals surface area contributed by atoms with E-state index in [0.717, 1.165) is 10.4 Å². The van der Waals surface area contributed by atoms with E-state index in [1.807, 2.05) is 41.8 Å². The SMILES string of the molecule is CC(C)c1ccc(C(NS(=O)(=O)c2ccc3c(c2)oc(=O)n3C)c2cccs2)cc1. The smallest absolute Gasteiger partial charge is 0.408 e. The molecule has 1 unspecified atom stereocenters. The summed E-state index contributed by atoms with van der Waals surface area (Å²) >= 11 is 1.49. The predicted molar refractivity (Wildman–Crippen MR) is 118 cm³/mol. The zero-order valence-corrected chi connectivity index (χ0v) is 18.5. The van der Waals surface area contributed by atoms with Crippen LogP contribution in [-0.2, 0) is 17.1 Å². The van der Waals surface area contributed by atoms with Gasteiger partial charge in [0.15, 0.2) is 5.58 Å².